The molecule has 1 fully saturated rings. The number of rotatable bonds is 5. The SMILES string of the molecule is CC1CCC(CCNc2ccc(C(N)=S)c(Br)c2F)CC1. The van der Waals surface area contributed by atoms with Crippen molar-refractivity contribution in [2.75, 3.05) is 11.9 Å². The summed E-state index contributed by atoms with van der Waals surface area (Å²) in [7, 11) is 0. The van der Waals surface area contributed by atoms with Crippen molar-refractivity contribution in [2.24, 2.45) is 17.6 Å². The molecule has 1 aromatic rings. The molecule has 0 spiro atoms. The molecule has 0 aromatic heterocycles. The molecule has 1 aliphatic carbocycles. The van der Waals surface area contributed by atoms with Crippen molar-refractivity contribution in [3.63, 3.8) is 0 Å². The van der Waals surface area contributed by atoms with Crippen LogP contribution in [0.5, 0.6) is 0 Å². The van der Waals surface area contributed by atoms with Crippen molar-refractivity contribution in [3.8, 4) is 0 Å². The average Bonchev–Trinajstić information content (AvgIpc) is 2.45. The van der Waals surface area contributed by atoms with Crippen molar-refractivity contribution in [2.45, 2.75) is 39.0 Å². The van der Waals surface area contributed by atoms with Crippen molar-refractivity contribution in [3.05, 3.63) is 28.0 Å². The summed E-state index contributed by atoms with van der Waals surface area (Å²) in [4.78, 5) is 0.198. The Morgan fingerprint density at radius 2 is 2.05 bits per heavy atom. The Kier molecular flexibility index (Phi) is 5.99. The van der Waals surface area contributed by atoms with Crippen LogP contribution in [-0.4, -0.2) is 11.5 Å². The second-order valence-electron chi connectivity index (χ2n) is 5.99. The second-order valence-corrected chi connectivity index (χ2v) is 7.23. The standard InChI is InChI=1S/C16H22BrFN2S/c1-10-2-4-11(5-3-10)8-9-20-13-7-6-12(16(19)21)14(17)15(13)18/h6-7,10-11,20H,2-5,8-9H2,1H3,(H2,19,21). The highest BCUT2D eigenvalue weighted by Crippen LogP contribution is 2.31. The molecule has 2 nitrogen and oxygen atoms in total. The lowest BCUT2D eigenvalue weighted by Crippen LogP contribution is -2.16. The third-order valence-corrected chi connectivity index (χ3v) is 5.35. The Bertz CT molecular complexity index is 513. The van der Waals surface area contributed by atoms with Gasteiger partial charge in [-0.1, -0.05) is 44.8 Å². The molecule has 3 N–H and O–H groups in total. The molecule has 2 rings (SSSR count). The van der Waals surface area contributed by atoms with Gasteiger partial charge in [-0.05, 0) is 46.3 Å². The van der Waals surface area contributed by atoms with Gasteiger partial charge in [-0.25, -0.2) is 4.39 Å². The van der Waals surface area contributed by atoms with E-state index in [0.717, 1.165) is 24.8 Å². The smallest absolute Gasteiger partial charge is 0.161 e. The highest BCUT2D eigenvalue weighted by Gasteiger charge is 2.18. The molecule has 0 aliphatic heterocycles. The van der Waals surface area contributed by atoms with Crippen LogP contribution in [0.4, 0.5) is 10.1 Å². The number of hydrogen-bond donors (Lipinski definition) is 2. The van der Waals surface area contributed by atoms with Crippen LogP contribution < -0.4 is 11.1 Å². The number of nitrogens with two attached hydrogens (primary N) is 1. The lowest BCUT2D eigenvalue weighted by Gasteiger charge is -2.26. The highest BCUT2D eigenvalue weighted by atomic mass is 79.9. The summed E-state index contributed by atoms with van der Waals surface area (Å²) in [6.07, 6.45) is 6.35. The van der Waals surface area contributed by atoms with Crippen LogP contribution >= 0.6 is 28.1 Å². The lowest BCUT2D eigenvalue weighted by atomic mass is 9.81. The Hall–Kier alpha value is -0.680. The van der Waals surface area contributed by atoms with Crippen molar-refractivity contribution < 1.29 is 4.39 Å². The number of hydrogen-bond acceptors (Lipinski definition) is 2. The van der Waals surface area contributed by atoms with Gasteiger partial charge in [-0.2, -0.15) is 0 Å². The molecule has 1 aliphatic rings. The van der Waals surface area contributed by atoms with Crippen molar-refractivity contribution in [1.82, 2.24) is 0 Å². The molecule has 0 atom stereocenters. The van der Waals surface area contributed by atoms with Gasteiger partial charge < -0.3 is 11.1 Å². The van der Waals surface area contributed by atoms with Crippen LogP contribution in [0.3, 0.4) is 0 Å². The molecule has 5 heteroatoms. The first-order valence-electron chi connectivity index (χ1n) is 7.50. The van der Waals surface area contributed by atoms with Gasteiger partial charge in [0.05, 0.1) is 10.2 Å². The zero-order valence-electron chi connectivity index (χ0n) is 12.3. The minimum Gasteiger partial charge on any atom is -0.389 e. The molecule has 116 valence electrons. The summed E-state index contributed by atoms with van der Waals surface area (Å²) < 4.78 is 14.6. The largest absolute Gasteiger partial charge is 0.389 e. The fourth-order valence-corrected chi connectivity index (χ4v) is 3.77. The van der Waals surface area contributed by atoms with Gasteiger partial charge in [0.2, 0.25) is 0 Å². The van der Waals surface area contributed by atoms with E-state index in [0.29, 0.717) is 15.7 Å². The summed E-state index contributed by atoms with van der Waals surface area (Å²) in [5, 5.41) is 3.19. The fraction of sp³-hybridized carbons (Fsp3) is 0.562. The average molecular weight is 373 g/mol. The van der Waals surface area contributed by atoms with Gasteiger partial charge in [0.1, 0.15) is 4.99 Å². The Balaban J connectivity index is 1.89. The molecule has 1 aromatic carbocycles. The summed E-state index contributed by atoms with van der Waals surface area (Å²) >= 11 is 8.12. The first-order chi connectivity index (χ1) is 9.99. The van der Waals surface area contributed by atoms with E-state index in [9.17, 15) is 4.39 Å². The molecule has 0 radical (unpaired) electrons. The predicted molar refractivity (Wildman–Crippen MR) is 94.2 cm³/mol. The van der Waals surface area contributed by atoms with Gasteiger partial charge >= 0.3 is 0 Å². The van der Waals surface area contributed by atoms with E-state index in [1.54, 1.807) is 12.1 Å². The van der Waals surface area contributed by atoms with E-state index < -0.39 is 0 Å². The van der Waals surface area contributed by atoms with E-state index in [1.165, 1.54) is 25.7 Å². The quantitative estimate of drug-likeness (QED) is 0.725. The number of halogens is 2. The number of thiocarbonyl (C=S) groups is 1. The van der Waals surface area contributed by atoms with E-state index in [1.807, 2.05) is 0 Å². The zero-order chi connectivity index (χ0) is 15.4. The maximum Gasteiger partial charge on any atom is 0.161 e. The third kappa shape index (κ3) is 4.39. The van der Waals surface area contributed by atoms with Crippen molar-refractivity contribution >= 4 is 38.8 Å². The van der Waals surface area contributed by atoms with Crippen LogP contribution in [-0.2, 0) is 0 Å². The van der Waals surface area contributed by atoms with Crippen LogP contribution in [0.2, 0.25) is 0 Å². The minimum atomic E-state index is -0.322. The predicted octanol–water partition coefficient (Wildman–Crippen LogP) is 4.85. The topological polar surface area (TPSA) is 38.0 Å². The van der Waals surface area contributed by atoms with Gasteiger partial charge in [-0.15, -0.1) is 0 Å². The Morgan fingerprint density at radius 1 is 1.38 bits per heavy atom. The molecule has 0 unspecified atom stereocenters. The Morgan fingerprint density at radius 3 is 2.67 bits per heavy atom. The first-order valence-corrected chi connectivity index (χ1v) is 8.70. The zero-order valence-corrected chi connectivity index (χ0v) is 14.7. The summed E-state index contributed by atoms with van der Waals surface area (Å²) in [6.45, 7) is 3.12. The lowest BCUT2D eigenvalue weighted by molar-refractivity contribution is 0.282. The van der Waals surface area contributed by atoms with Gasteiger partial charge in [0.25, 0.3) is 0 Å². The Labute approximate surface area is 139 Å². The second kappa shape index (κ2) is 7.54. The summed E-state index contributed by atoms with van der Waals surface area (Å²) in [5.74, 6) is 1.32. The fourth-order valence-electron chi connectivity index (χ4n) is 2.91. The van der Waals surface area contributed by atoms with Crippen LogP contribution in [0, 0.1) is 17.7 Å². The van der Waals surface area contributed by atoms with Crippen LogP contribution in [0.1, 0.15) is 44.6 Å². The van der Waals surface area contributed by atoms with Gasteiger partial charge in [0, 0.05) is 12.1 Å². The number of benzene rings is 1. The maximum absolute atomic E-state index is 14.2. The third-order valence-electron chi connectivity index (χ3n) is 4.35. The molecular weight excluding hydrogens is 351 g/mol. The van der Waals surface area contributed by atoms with Gasteiger partial charge in [0.15, 0.2) is 5.82 Å². The minimum absolute atomic E-state index is 0.198. The van der Waals surface area contributed by atoms with E-state index in [4.69, 9.17) is 18.0 Å². The first kappa shape index (κ1) is 16.7. The molecule has 0 bridgehead atoms. The van der Waals surface area contributed by atoms with E-state index in [-0.39, 0.29) is 10.8 Å². The molecule has 21 heavy (non-hydrogen) atoms. The summed E-state index contributed by atoms with van der Waals surface area (Å²) in [5.41, 5.74) is 6.60. The van der Waals surface area contributed by atoms with Crippen molar-refractivity contribution in [1.29, 1.82) is 0 Å². The number of anilines is 1. The molecule has 0 saturated heterocycles. The number of nitrogens with one attached hydrogen (secondary N) is 1. The molecule has 1 saturated carbocycles. The molecule has 0 amide bonds. The highest BCUT2D eigenvalue weighted by molar-refractivity contribution is 9.10. The molecule has 0 heterocycles. The monoisotopic (exact) mass is 372 g/mol. The van der Waals surface area contributed by atoms with Gasteiger partial charge in [-0.3, -0.25) is 0 Å². The normalized spacial score (nSPS) is 22.0. The molecular formula is C16H22BrFN2S. The maximum atomic E-state index is 14.2. The van der Waals surface area contributed by atoms with Crippen LogP contribution in [0.25, 0.3) is 0 Å². The van der Waals surface area contributed by atoms with E-state index >= 15 is 0 Å². The summed E-state index contributed by atoms with van der Waals surface area (Å²) in [6, 6.07) is 3.46. The van der Waals surface area contributed by atoms with Crippen LogP contribution in [0.15, 0.2) is 16.6 Å². The van der Waals surface area contributed by atoms with E-state index in [2.05, 4.69) is 28.2 Å².